The molecule has 2 heterocycles. The molecule has 1 aromatic heterocycles. The number of nitrogens with zero attached hydrogens (tertiary/aromatic N) is 1. The smallest absolute Gasteiger partial charge is 0.240 e. The first-order valence-electron chi connectivity index (χ1n) is 11.2. The predicted octanol–water partition coefficient (Wildman–Crippen LogP) is 3.18. The van der Waals surface area contributed by atoms with E-state index in [0.29, 0.717) is 6.42 Å². The highest BCUT2D eigenvalue weighted by Crippen LogP contribution is 2.48. The van der Waals surface area contributed by atoms with Crippen LogP contribution >= 0.6 is 0 Å². The Morgan fingerprint density at radius 1 is 1.03 bits per heavy atom. The first kappa shape index (κ1) is 21.2. The van der Waals surface area contributed by atoms with Crippen molar-refractivity contribution >= 4 is 26.6 Å². The Morgan fingerprint density at radius 3 is 2.59 bits per heavy atom. The molecule has 0 bridgehead atoms. The van der Waals surface area contributed by atoms with Gasteiger partial charge in [-0.3, -0.25) is 9.78 Å². The minimum Gasteiger partial charge on any atom is -0.317 e. The average molecular weight is 450 g/mol. The number of hydrogen-bond acceptors (Lipinski definition) is 5. The van der Waals surface area contributed by atoms with Crippen molar-refractivity contribution in [3.05, 3.63) is 72.1 Å². The Balaban J connectivity index is 1.21. The Labute approximate surface area is 188 Å². The van der Waals surface area contributed by atoms with Crippen LogP contribution in [0.15, 0.2) is 65.8 Å². The van der Waals surface area contributed by atoms with Gasteiger partial charge in [0.05, 0.1) is 4.90 Å². The number of ketones is 1. The summed E-state index contributed by atoms with van der Waals surface area (Å²) >= 11 is 0. The van der Waals surface area contributed by atoms with E-state index < -0.39 is 10.0 Å². The third-order valence-corrected chi connectivity index (χ3v) is 8.10. The summed E-state index contributed by atoms with van der Waals surface area (Å²) < 4.78 is 28.2. The monoisotopic (exact) mass is 449 g/mol. The highest BCUT2D eigenvalue weighted by molar-refractivity contribution is 7.89. The molecule has 0 unspecified atom stereocenters. The third-order valence-electron chi connectivity index (χ3n) is 6.57. The number of piperidine rings is 1. The van der Waals surface area contributed by atoms with Gasteiger partial charge in [0, 0.05) is 36.2 Å². The van der Waals surface area contributed by atoms with Gasteiger partial charge >= 0.3 is 0 Å². The first-order chi connectivity index (χ1) is 15.5. The molecule has 1 aliphatic heterocycles. The highest BCUT2D eigenvalue weighted by Gasteiger charge is 2.43. The van der Waals surface area contributed by atoms with Gasteiger partial charge in [-0.15, -0.1) is 0 Å². The third kappa shape index (κ3) is 4.60. The summed E-state index contributed by atoms with van der Waals surface area (Å²) in [7, 11) is -3.52. The Kier molecular flexibility index (Phi) is 5.80. The maximum atomic E-state index is 12.8. The van der Waals surface area contributed by atoms with Crippen LogP contribution in [0.3, 0.4) is 0 Å². The lowest BCUT2D eigenvalue weighted by molar-refractivity contribution is -0.119. The van der Waals surface area contributed by atoms with Gasteiger partial charge in [-0.25, -0.2) is 13.1 Å². The predicted molar refractivity (Wildman–Crippen MR) is 124 cm³/mol. The van der Waals surface area contributed by atoms with E-state index in [1.807, 2.05) is 36.5 Å². The van der Waals surface area contributed by atoms with Crippen molar-refractivity contribution in [2.75, 3.05) is 13.1 Å². The summed E-state index contributed by atoms with van der Waals surface area (Å²) in [5.74, 6) is 0.437. The normalized spacial score (nSPS) is 21.5. The molecule has 1 saturated heterocycles. The van der Waals surface area contributed by atoms with Crippen LogP contribution in [-0.2, 0) is 21.2 Å². The van der Waals surface area contributed by atoms with Crippen molar-refractivity contribution < 1.29 is 13.2 Å². The second kappa shape index (κ2) is 8.73. The van der Waals surface area contributed by atoms with Gasteiger partial charge in [0.25, 0.3) is 0 Å². The van der Waals surface area contributed by atoms with Crippen LogP contribution < -0.4 is 10.0 Å². The van der Waals surface area contributed by atoms with Crippen LogP contribution in [0.5, 0.6) is 0 Å². The van der Waals surface area contributed by atoms with Crippen molar-refractivity contribution in [2.45, 2.75) is 42.5 Å². The molecule has 2 aromatic carbocycles. The van der Waals surface area contributed by atoms with Crippen LogP contribution in [0.4, 0.5) is 0 Å². The zero-order chi connectivity index (χ0) is 22.1. The number of carbonyl (C=O) groups is 1. The number of fused-ring (bicyclic) bond motifs is 1. The van der Waals surface area contributed by atoms with Gasteiger partial charge in [0.1, 0.15) is 5.78 Å². The van der Waals surface area contributed by atoms with Crippen LogP contribution in [-0.4, -0.2) is 38.3 Å². The fourth-order valence-corrected chi connectivity index (χ4v) is 5.92. The van der Waals surface area contributed by atoms with E-state index >= 15 is 0 Å². The minimum atomic E-state index is -3.52. The zero-order valence-corrected chi connectivity index (χ0v) is 18.6. The van der Waals surface area contributed by atoms with E-state index in [9.17, 15) is 13.2 Å². The van der Waals surface area contributed by atoms with Crippen molar-refractivity contribution in [1.29, 1.82) is 0 Å². The van der Waals surface area contributed by atoms with E-state index in [1.165, 1.54) is 0 Å². The molecule has 0 radical (unpaired) electrons. The van der Waals surface area contributed by atoms with E-state index in [1.54, 1.807) is 18.3 Å². The molecular weight excluding hydrogens is 422 g/mol. The molecule has 6 nitrogen and oxygen atoms in total. The Bertz CT molecular complexity index is 1230. The van der Waals surface area contributed by atoms with Gasteiger partial charge in [0.2, 0.25) is 10.0 Å². The molecule has 3 aromatic rings. The molecule has 32 heavy (non-hydrogen) atoms. The molecule has 1 saturated carbocycles. The van der Waals surface area contributed by atoms with Gasteiger partial charge < -0.3 is 5.32 Å². The molecule has 2 N–H and O–H groups in total. The fourth-order valence-electron chi connectivity index (χ4n) is 4.62. The summed E-state index contributed by atoms with van der Waals surface area (Å²) in [6, 6.07) is 15.0. The SMILES string of the molecule is O=C(Cc1ccc2cnccc2c1)[C@@H]1C[C@H]1c1ccc(S(=O)(=O)NC2CCNCC2)cc1. The van der Waals surface area contributed by atoms with E-state index in [2.05, 4.69) is 21.1 Å². The number of rotatable bonds is 7. The second-order valence-corrected chi connectivity index (χ2v) is 10.6. The average Bonchev–Trinajstić information content (AvgIpc) is 3.61. The number of benzene rings is 2. The Hall–Kier alpha value is -2.61. The van der Waals surface area contributed by atoms with Crippen LogP contribution in [0, 0.1) is 5.92 Å². The lowest BCUT2D eigenvalue weighted by Crippen LogP contribution is -2.42. The molecule has 5 rings (SSSR count). The fraction of sp³-hybridized carbons (Fsp3) is 0.360. The van der Waals surface area contributed by atoms with E-state index in [4.69, 9.17) is 0 Å². The molecule has 2 aliphatic rings. The zero-order valence-electron chi connectivity index (χ0n) is 17.8. The van der Waals surface area contributed by atoms with Crippen LogP contribution in [0.25, 0.3) is 10.8 Å². The van der Waals surface area contributed by atoms with Crippen LogP contribution in [0.2, 0.25) is 0 Å². The van der Waals surface area contributed by atoms with Crippen molar-refractivity contribution in [3.8, 4) is 0 Å². The van der Waals surface area contributed by atoms with Gasteiger partial charge in [-0.05, 0) is 73.0 Å². The molecule has 2 fully saturated rings. The molecule has 0 amide bonds. The van der Waals surface area contributed by atoms with E-state index in [-0.39, 0.29) is 28.6 Å². The standard InChI is InChI=1S/C25H27N3O3S/c29-25(14-17-1-2-20-16-27-10-7-19(20)13-17)24-15-23(24)18-3-5-22(6-4-18)32(30,31)28-21-8-11-26-12-9-21/h1-7,10,13,16,21,23-24,26,28H,8-9,11-12,14-15H2/t23-,24+/m0/s1. The summed E-state index contributed by atoms with van der Waals surface area (Å²) in [6.07, 6.45) is 6.44. The molecule has 0 spiro atoms. The number of hydrogen-bond donors (Lipinski definition) is 2. The summed E-state index contributed by atoms with van der Waals surface area (Å²) in [4.78, 5) is 17.2. The van der Waals surface area contributed by atoms with Crippen LogP contribution in [0.1, 0.15) is 36.3 Å². The minimum absolute atomic E-state index is 0.0125. The molecule has 1 aliphatic carbocycles. The molecule has 2 atom stereocenters. The first-order valence-corrected chi connectivity index (χ1v) is 12.7. The topological polar surface area (TPSA) is 88.2 Å². The van der Waals surface area contributed by atoms with Gasteiger partial charge in [-0.1, -0.05) is 30.3 Å². The summed E-state index contributed by atoms with van der Waals surface area (Å²) in [5, 5.41) is 5.40. The van der Waals surface area contributed by atoms with Gasteiger partial charge in [-0.2, -0.15) is 0 Å². The lowest BCUT2D eigenvalue weighted by Gasteiger charge is -2.23. The number of nitrogens with one attached hydrogen (secondary N) is 2. The van der Waals surface area contributed by atoms with E-state index in [0.717, 1.165) is 54.3 Å². The number of carbonyl (C=O) groups excluding carboxylic acids is 1. The summed E-state index contributed by atoms with van der Waals surface area (Å²) in [6.45, 7) is 1.67. The van der Waals surface area contributed by atoms with Gasteiger partial charge in [0.15, 0.2) is 0 Å². The Morgan fingerprint density at radius 2 is 1.81 bits per heavy atom. The molecular formula is C25H27N3O3S. The maximum absolute atomic E-state index is 12.8. The number of Topliss-reactive ketones (excluding diaryl/α,β-unsaturated/α-hetero) is 1. The maximum Gasteiger partial charge on any atom is 0.240 e. The number of pyridine rings is 1. The number of aromatic nitrogens is 1. The highest BCUT2D eigenvalue weighted by atomic mass is 32.2. The largest absolute Gasteiger partial charge is 0.317 e. The van der Waals surface area contributed by atoms with Crippen molar-refractivity contribution in [3.63, 3.8) is 0 Å². The lowest BCUT2D eigenvalue weighted by atomic mass is 10.0. The van der Waals surface area contributed by atoms with Crippen molar-refractivity contribution in [1.82, 2.24) is 15.0 Å². The quantitative estimate of drug-likeness (QED) is 0.578. The second-order valence-electron chi connectivity index (χ2n) is 8.86. The molecule has 166 valence electrons. The molecule has 7 heteroatoms. The summed E-state index contributed by atoms with van der Waals surface area (Å²) in [5.41, 5.74) is 2.05. The van der Waals surface area contributed by atoms with Crippen molar-refractivity contribution in [2.24, 2.45) is 5.92 Å². The number of sulfonamides is 1.